The molecule has 1 atom stereocenters. The molecule has 2 aromatic rings. The molecule has 0 radical (unpaired) electrons. The first-order chi connectivity index (χ1) is 11.2. The van der Waals surface area contributed by atoms with Gasteiger partial charge in [0.1, 0.15) is 18.1 Å². The number of hydrogen-bond acceptors (Lipinski definition) is 5. The fourth-order valence-corrected chi connectivity index (χ4v) is 2.96. The molecule has 7 nitrogen and oxygen atoms in total. The Morgan fingerprint density at radius 1 is 1.43 bits per heavy atom. The minimum atomic E-state index is -0.249. The van der Waals surface area contributed by atoms with Crippen molar-refractivity contribution in [2.45, 2.75) is 44.7 Å². The van der Waals surface area contributed by atoms with Crippen molar-refractivity contribution in [1.82, 2.24) is 25.1 Å². The van der Waals surface area contributed by atoms with Gasteiger partial charge in [-0.3, -0.25) is 4.79 Å². The van der Waals surface area contributed by atoms with Gasteiger partial charge >= 0.3 is 0 Å². The molecule has 1 aliphatic rings. The van der Waals surface area contributed by atoms with Crippen molar-refractivity contribution >= 4 is 5.91 Å². The maximum absolute atomic E-state index is 12.3. The van der Waals surface area contributed by atoms with Crippen molar-refractivity contribution in [3.63, 3.8) is 0 Å². The largest absolute Gasteiger partial charge is 0.342 e. The lowest BCUT2D eigenvalue weighted by Gasteiger charge is -2.18. The fraction of sp³-hybridized carbons (Fsp3) is 0.438. The van der Waals surface area contributed by atoms with Gasteiger partial charge in [-0.1, -0.05) is 12.8 Å². The minimum Gasteiger partial charge on any atom is -0.342 e. The molecule has 0 aromatic carbocycles. The van der Waals surface area contributed by atoms with E-state index in [9.17, 15) is 4.79 Å². The summed E-state index contributed by atoms with van der Waals surface area (Å²) < 4.78 is 2.08. The highest BCUT2D eigenvalue weighted by Crippen LogP contribution is 2.31. The van der Waals surface area contributed by atoms with E-state index in [2.05, 4.69) is 25.1 Å². The number of carbonyl (C=O) groups is 1. The monoisotopic (exact) mass is 310 g/mol. The summed E-state index contributed by atoms with van der Waals surface area (Å²) in [6, 6.07) is 5.23. The smallest absolute Gasteiger partial charge is 0.253 e. The van der Waals surface area contributed by atoms with Crippen LogP contribution in [0.15, 0.2) is 24.7 Å². The molecule has 1 aliphatic carbocycles. The molecule has 1 saturated carbocycles. The Morgan fingerprint density at radius 2 is 2.22 bits per heavy atom. The molecule has 0 spiro atoms. The Morgan fingerprint density at radius 3 is 2.87 bits per heavy atom. The van der Waals surface area contributed by atoms with Crippen LogP contribution in [0.2, 0.25) is 0 Å². The van der Waals surface area contributed by atoms with Gasteiger partial charge in [-0.05, 0) is 31.9 Å². The molecule has 2 aromatic heterocycles. The molecule has 0 saturated heterocycles. The van der Waals surface area contributed by atoms with Crippen LogP contribution in [0.5, 0.6) is 0 Å². The second kappa shape index (κ2) is 6.57. The van der Waals surface area contributed by atoms with E-state index in [0.29, 0.717) is 11.6 Å². The second-order valence-electron chi connectivity index (χ2n) is 5.77. The Labute approximate surface area is 134 Å². The number of nitrogens with zero attached hydrogens (tertiary/aromatic N) is 5. The number of amides is 1. The van der Waals surface area contributed by atoms with Gasteiger partial charge in [0.2, 0.25) is 0 Å². The normalized spacial score (nSPS) is 16.0. The predicted octanol–water partition coefficient (Wildman–Crippen LogP) is 2.15. The zero-order valence-corrected chi connectivity index (χ0v) is 12.9. The Balaban J connectivity index is 1.71. The Hall–Kier alpha value is -2.75. The zero-order chi connectivity index (χ0) is 16.2. The standard InChI is InChI=1S/C16H18N6O/c1-11(15-21-19-10-22(15)14-4-2-3-5-14)20-16(23)12-6-7-13(8-17)18-9-12/h6-7,9-11,14H,2-5H2,1H3,(H,20,23). The summed E-state index contributed by atoms with van der Waals surface area (Å²) in [4.78, 5) is 16.2. The molecule has 1 N–H and O–H groups in total. The summed E-state index contributed by atoms with van der Waals surface area (Å²) in [7, 11) is 0. The topological polar surface area (TPSA) is 96.5 Å². The third-order valence-corrected chi connectivity index (χ3v) is 4.19. The van der Waals surface area contributed by atoms with Gasteiger partial charge in [-0.25, -0.2) is 4.98 Å². The van der Waals surface area contributed by atoms with Crippen molar-refractivity contribution in [2.24, 2.45) is 0 Å². The van der Waals surface area contributed by atoms with Gasteiger partial charge in [0.15, 0.2) is 5.82 Å². The molecular weight excluding hydrogens is 292 g/mol. The van der Waals surface area contributed by atoms with Crippen molar-refractivity contribution in [1.29, 1.82) is 5.26 Å². The first kappa shape index (κ1) is 15.2. The number of nitrogens with one attached hydrogen (secondary N) is 1. The summed E-state index contributed by atoms with van der Waals surface area (Å²) in [5.41, 5.74) is 0.707. The number of pyridine rings is 1. The van der Waals surface area contributed by atoms with Gasteiger partial charge in [-0.15, -0.1) is 10.2 Å². The summed E-state index contributed by atoms with van der Waals surface area (Å²) in [6.07, 6.45) is 7.86. The van der Waals surface area contributed by atoms with Gasteiger partial charge < -0.3 is 9.88 Å². The van der Waals surface area contributed by atoms with Crippen LogP contribution in [-0.4, -0.2) is 25.7 Å². The first-order valence-corrected chi connectivity index (χ1v) is 7.75. The van der Waals surface area contributed by atoms with Gasteiger partial charge in [0.05, 0.1) is 11.6 Å². The second-order valence-corrected chi connectivity index (χ2v) is 5.77. The molecule has 1 amide bonds. The minimum absolute atomic E-state index is 0.240. The average Bonchev–Trinajstić information content (AvgIpc) is 3.25. The van der Waals surface area contributed by atoms with E-state index in [0.717, 1.165) is 18.7 Å². The van der Waals surface area contributed by atoms with Crippen LogP contribution in [0.4, 0.5) is 0 Å². The van der Waals surface area contributed by atoms with Crippen LogP contribution in [-0.2, 0) is 0 Å². The SMILES string of the molecule is CC(NC(=O)c1ccc(C#N)nc1)c1nncn1C1CCCC1. The lowest BCUT2D eigenvalue weighted by atomic mass is 10.2. The molecule has 0 bridgehead atoms. The Bertz CT molecular complexity index is 724. The summed E-state index contributed by atoms with van der Waals surface area (Å²) in [5.74, 6) is 0.530. The van der Waals surface area contributed by atoms with E-state index in [-0.39, 0.29) is 17.6 Å². The first-order valence-electron chi connectivity index (χ1n) is 7.75. The molecular formula is C16H18N6O. The van der Waals surface area contributed by atoms with E-state index in [1.165, 1.54) is 25.1 Å². The predicted molar refractivity (Wildman–Crippen MR) is 82.4 cm³/mol. The van der Waals surface area contributed by atoms with Gasteiger partial charge in [-0.2, -0.15) is 5.26 Å². The third kappa shape index (κ3) is 3.21. The summed E-state index contributed by atoms with van der Waals surface area (Å²) in [5, 5.41) is 19.8. The molecule has 23 heavy (non-hydrogen) atoms. The van der Waals surface area contributed by atoms with Crippen LogP contribution in [0, 0.1) is 11.3 Å². The number of carbonyl (C=O) groups excluding carboxylic acids is 1. The quantitative estimate of drug-likeness (QED) is 0.933. The van der Waals surface area contributed by atoms with Crippen LogP contribution in [0.1, 0.15) is 66.6 Å². The summed E-state index contributed by atoms with van der Waals surface area (Å²) in [6.45, 7) is 1.89. The average molecular weight is 310 g/mol. The van der Waals surface area contributed by atoms with Crippen LogP contribution in [0.3, 0.4) is 0 Å². The highest BCUT2D eigenvalue weighted by atomic mass is 16.1. The number of aromatic nitrogens is 4. The maximum atomic E-state index is 12.3. The highest BCUT2D eigenvalue weighted by Gasteiger charge is 2.23. The third-order valence-electron chi connectivity index (χ3n) is 4.19. The van der Waals surface area contributed by atoms with Crippen molar-refractivity contribution in [3.05, 3.63) is 41.7 Å². The maximum Gasteiger partial charge on any atom is 0.253 e. The van der Waals surface area contributed by atoms with Crippen LogP contribution >= 0.6 is 0 Å². The van der Waals surface area contributed by atoms with E-state index in [1.807, 2.05) is 13.0 Å². The lowest BCUT2D eigenvalue weighted by molar-refractivity contribution is 0.0937. The van der Waals surface area contributed by atoms with Crippen LogP contribution in [0.25, 0.3) is 0 Å². The van der Waals surface area contributed by atoms with Gasteiger partial charge in [0.25, 0.3) is 5.91 Å². The van der Waals surface area contributed by atoms with E-state index < -0.39 is 0 Å². The molecule has 0 aliphatic heterocycles. The molecule has 2 heterocycles. The molecule has 7 heteroatoms. The number of hydrogen-bond donors (Lipinski definition) is 1. The number of rotatable bonds is 4. The lowest BCUT2D eigenvalue weighted by Crippen LogP contribution is -2.29. The fourth-order valence-electron chi connectivity index (χ4n) is 2.96. The highest BCUT2D eigenvalue weighted by molar-refractivity contribution is 5.94. The molecule has 1 unspecified atom stereocenters. The number of nitriles is 1. The molecule has 118 valence electrons. The molecule has 1 fully saturated rings. The zero-order valence-electron chi connectivity index (χ0n) is 12.9. The van der Waals surface area contributed by atoms with E-state index in [1.54, 1.807) is 12.4 Å². The van der Waals surface area contributed by atoms with E-state index >= 15 is 0 Å². The van der Waals surface area contributed by atoms with Crippen molar-refractivity contribution < 1.29 is 4.79 Å². The van der Waals surface area contributed by atoms with Gasteiger partial charge in [0, 0.05) is 12.2 Å². The van der Waals surface area contributed by atoms with Crippen molar-refractivity contribution in [3.8, 4) is 6.07 Å². The van der Waals surface area contributed by atoms with E-state index in [4.69, 9.17) is 5.26 Å². The molecule has 3 rings (SSSR count). The summed E-state index contributed by atoms with van der Waals surface area (Å²) >= 11 is 0. The Kier molecular flexibility index (Phi) is 4.33. The van der Waals surface area contributed by atoms with Crippen molar-refractivity contribution in [2.75, 3.05) is 0 Å². The van der Waals surface area contributed by atoms with Crippen LogP contribution < -0.4 is 5.32 Å².